The quantitative estimate of drug-likeness (QED) is 0.642. The molecule has 0 amide bonds. The normalized spacial score (nSPS) is 23.1. The van der Waals surface area contributed by atoms with Crippen molar-refractivity contribution in [3.05, 3.63) is 0 Å². The van der Waals surface area contributed by atoms with E-state index in [1.807, 2.05) is 20.8 Å². The van der Waals surface area contributed by atoms with Crippen molar-refractivity contribution in [1.29, 1.82) is 5.26 Å². The Morgan fingerprint density at radius 1 is 1.40 bits per heavy atom. The molecule has 0 spiro atoms. The Balaban J connectivity index is 2.43. The highest BCUT2D eigenvalue weighted by Crippen LogP contribution is 2.25. The summed E-state index contributed by atoms with van der Waals surface area (Å²) in [6.45, 7) is 8.93. The van der Waals surface area contributed by atoms with E-state index in [9.17, 15) is 5.26 Å². The van der Waals surface area contributed by atoms with Gasteiger partial charge in [-0.05, 0) is 47.0 Å². The van der Waals surface area contributed by atoms with Crippen molar-refractivity contribution in [2.24, 2.45) is 0 Å². The first-order valence-corrected chi connectivity index (χ1v) is 7.43. The fourth-order valence-electron chi connectivity index (χ4n) is 2.28. The van der Waals surface area contributed by atoms with Crippen molar-refractivity contribution in [2.75, 3.05) is 13.2 Å². The predicted octanol–water partition coefficient (Wildman–Crippen LogP) is 2.99. The molecule has 116 valence electrons. The summed E-state index contributed by atoms with van der Waals surface area (Å²) in [5.74, 6) is 0. The van der Waals surface area contributed by atoms with Crippen LogP contribution in [0.2, 0.25) is 0 Å². The average Bonchev–Trinajstić information content (AvgIpc) is 2.38. The zero-order valence-corrected chi connectivity index (χ0v) is 13.1. The standard InChI is InChI=1S/C15H27NO4/c1-5-17-12(2)19-13(11-16)10-15(3,4)20-14-8-6-7-9-18-14/h12-14H,5-10H2,1-4H3. The Bertz CT molecular complexity index is 307. The maximum absolute atomic E-state index is 9.19. The minimum absolute atomic E-state index is 0.164. The number of nitriles is 1. The van der Waals surface area contributed by atoms with Gasteiger partial charge in [0.15, 0.2) is 12.6 Å². The second-order valence-electron chi connectivity index (χ2n) is 5.65. The smallest absolute Gasteiger partial charge is 0.158 e. The van der Waals surface area contributed by atoms with Gasteiger partial charge in [-0.1, -0.05) is 0 Å². The summed E-state index contributed by atoms with van der Waals surface area (Å²) in [7, 11) is 0. The molecule has 1 aliphatic heterocycles. The Morgan fingerprint density at radius 3 is 2.70 bits per heavy atom. The zero-order chi connectivity index (χ0) is 15.0. The summed E-state index contributed by atoms with van der Waals surface area (Å²) in [5.41, 5.74) is -0.464. The molecule has 1 fully saturated rings. The van der Waals surface area contributed by atoms with Gasteiger partial charge in [-0.2, -0.15) is 5.26 Å². The van der Waals surface area contributed by atoms with Crippen LogP contribution in [0.15, 0.2) is 0 Å². The van der Waals surface area contributed by atoms with Gasteiger partial charge < -0.3 is 18.9 Å². The molecular weight excluding hydrogens is 258 g/mol. The Labute approximate surface area is 122 Å². The lowest BCUT2D eigenvalue weighted by molar-refractivity contribution is -0.227. The number of hydrogen-bond donors (Lipinski definition) is 0. The fourth-order valence-corrected chi connectivity index (χ4v) is 2.28. The zero-order valence-electron chi connectivity index (χ0n) is 13.1. The first kappa shape index (κ1) is 17.4. The fraction of sp³-hybridized carbons (Fsp3) is 0.933. The maximum atomic E-state index is 9.19. The van der Waals surface area contributed by atoms with Crippen molar-refractivity contribution in [3.8, 4) is 6.07 Å². The highest BCUT2D eigenvalue weighted by Gasteiger charge is 2.30. The van der Waals surface area contributed by atoms with Crippen molar-refractivity contribution < 1.29 is 18.9 Å². The molecule has 5 nitrogen and oxygen atoms in total. The topological polar surface area (TPSA) is 60.7 Å². The van der Waals surface area contributed by atoms with E-state index < -0.39 is 11.7 Å². The molecule has 1 aliphatic rings. The lowest BCUT2D eigenvalue weighted by Gasteiger charge is -2.34. The van der Waals surface area contributed by atoms with Gasteiger partial charge in [0.2, 0.25) is 0 Å². The molecule has 3 atom stereocenters. The molecule has 0 aliphatic carbocycles. The monoisotopic (exact) mass is 285 g/mol. The van der Waals surface area contributed by atoms with Gasteiger partial charge in [0.25, 0.3) is 0 Å². The maximum Gasteiger partial charge on any atom is 0.158 e. The third kappa shape index (κ3) is 6.67. The average molecular weight is 285 g/mol. The number of nitrogens with zero attached hydrogens (tertiary/aromatic N) is 1. The van der Waals surface area contributed by atoms with E-state index in [1.54, 1.807) is 6.92 Å². The molecule has 1 heterocycles. The van der Waals surface area contributed by atoms with E-state index >= 15 is 0 Å². The van der Waals surface area contributed by atoms with Gasteiger partial charge in [-0.3, -0.25) is 0 Å². The van der Waals surface area contributed by atoms with Crippen molar-refractivity contribution in [1.82, 2.24) is 0 Å². The van der Waals surface area contributed by atoms with Gasteiger partial charge >= 0.3 is 0 Å². The minimum Gasteiger partial charge on any atom is -0.353 e. The molecule has 0 aromatic carbocycles. The van der Waals surface area contributed by atoms with Gasteiger partial charge in [-0.25, -0.2) is 0 Å². The van der Waals surface area contributed by atoms with Gasteiger partial charge in [0.1, 0.15) is 6.10 Å². The molecule has 0 radical (unpaired) electrons. The molecule has 0 saturated carbocycles. The highest BCUT2D eigenvalue weighted by atomic mass is 16.7. The Kier molecular flexibility index (Phi) is 7.46. The molecule has 0 aromatic heterocycles. The predicted molar refractivity (Wildman–Crippen MR) is 74.9 cm³/mol. The van der Waals surface area contributed by atoms with Crippen molar-refractivity contribution >= 4 is 0 Å². The minimum atomic E-state index is -0.546. The lowest BCUT2D eigenvalue weighted by Crippen LogP contribution is -2.38. The molecule has 5 heteroatoms. The number of hydrogen-bond acceptors (Lipinski definition) is 5. The van der Waals surface area contributed by atoms with Crippen LogP contribution in [0.25, 0.3) is 0 Å². The summed E-state index contributed by atoms with van der Waals surface area (Å²) >= 11 is 0. The van der Waals surface area contributed by atoms with Crippen molar-refractivity contribution in [2.45, 2.75) is 77.7 Å². The van der Waals surface area contributed by atoms with Crippen LogP contribution in [-0.4, -0.2) is 37.5 Å². The van der Waals surface area contributed by atoms with E-state index in [0.717, 1.165) is 25.9 Å². The van der Waals surface area contributed by atoms with E-state index in [-0.39, 0.29) is 12.6 Å². The second-order valence-corrected chi connectivity index (χ2v) is 5.65. The largest absolute Gasteiger partial charge is 0.353 e. The summed E-state index contributed by atoms with van der Waals surface area (Å²) < 4.78 is 22.4. The Morgan fingerprint density at radius 2 is 2.15 bits per heavy atom. The van der Waals surface area contributed by atoms with Crippen LogP contribution in [0.5, 0.6) is 0 Å². The molecule has 1 saturated heterocycles. The SMILES string of the molecule is CCOC(C)OC(C#N)CC(C)(C)OC1CCCCO1. The second kappa shape index (κ2) is 8.58. The number of rotatable bonds is 8. The summed E-state index contributed by atoms with van der Waals surface area (Å²) in [5, 5.41) is 9.19. The Hall–Kier alpha value is -0.670. The van der Waals surface area contributed by atoms with Crippen LogP contribution >= 0.6 is 0 Å². The summed E-state index contributed by atoms with van der Waals surface area (Å²) in [4.78, 5) is 0. The van der Waals surface area contributed by atoms with Crippen LogP contribution in [0.3, 0.4) is 0 Å². The van der Waals surface area contributed by atoms with Gasteiger partial charge in [0.05, 0.1) is 11.7 Å². The molecule has 20 heavy (non-hydrogen) atoms. The van der Waals surface area contributed by atoms with E-state index in [2.05, 4.69) is 6.07 Å². The molecular formula is C15H27NO4. The lowest BCUT2D eigenvalue weighted by atomic mass is 10.0. The summed E-state index contributed by atoms with van der Waals surface area (Å²) in [6.07, 6.45) is 2.53. The molecule has 3 unspecified atom stereocenters. The molecule has 0 N–H and O–H groups in total. The van der Waals surface area contributed by atoms with Crippen molar-refractivity contribution in [3.63, 3.8) is 0 Å². The van der Waals surface area contributed by atoms with Crippen LogP contribution in [-0.2, 0) is 18.9 Å². The van der Waals surface area contributed by atoms with Gasteiger partial charge in [0, 0.05) is 19.6 Å². The van der Waals surface area contributed by atoms with E-state index in [4.69, 9.17) is 18.9 Å². The van der Waals surface area contributed by atoms with E-state index in [0.29, 0.717) is 13.0 Å². The van der Waals surface area contributed by atoms with Crippen LogP contribution < -0.4 is 0 Å². The first-order valence-electron chi connectivity index (χ1n) is 7.43. The van der Waals surface area contributed by atoms with Crippen LogP contribution in [0, 0.1) is 11.3 Å². The first-order chi connectivity index (χ1) is 9.46. The highest BCUT2D eigenvalue weighted by molar-refractivity contribution is 4.90. The number of ether oxygens (including phenoxy) is 4. The summed E-state index contributed by atoms with van der Waals surface area (Å²) in [6, 6.07) is 2.16. The molecule has 0 aromatic rings. The third-order valence-electron chi connectivity index (χ3n) is 3.17. The third-order valence-corrected chi connectivity index (χ3v) is 3.17. The van der Waals surface area contributed by atoms with E-state index in [1.165, 1.54) is 0 Å². The van der Waals surface area contributed by atoms with Crippen LogP contribution in [0.1, 0.15) is 53.4 Å². The van der Waals surface area contributed by atoms with Gasteiger partial charge in [-0.15, -0.1) is 0 Å². The molecule has 1 rings (SSSR count). The molecule has 0 bridgehead atoms. The van der Waals surface area contributed by atoms with Crippen LogP contribution in [0.4, 0.5) is 0 Å².